The van der Waals surface area contributed by atoms with Crippen molar-refractivity contribution in [3.8, 4) is 0 Å². The zero-order valence-corrected chi connectivity index (χ0v) is 15.3. The Balaban J connectivity index is 2.42. The van der Waals surface area contributed by atoms with E-state index in [1.807, 2.05) is 41.5 Å². The van der Waals surface area contributed by atoms with Gasteiger partial charge in [-0.25, -0.2) is 0 Å². The highest BCUT2D eigenvalue weighted by Crippen LogP contribution is 2.50. The smallest absolute Gasteiger partial charge is 0.333 e. The quantitative estimate of drug-likeness (QED) is 0.394. The van der Waals surface area contributed by atoms with Crippen molar-refractivity contribution in [3.05, 3.63) is 0 Å². The van der Waals surface area contributed by atoms with Crippen molar-refractivity contribution in [2.45, 2.75) is 59.2 Å². The Morgan fingerprint density at radius 2 is 1.67 bits per heavy atom. The highest BCUT2D eigenvalue weighted by Gasteiger charge is 2.45. The van der Waals surface area contributed by atoms with E-state index in [1.165, 1.54) is 0 Å². The fourth-order valence-corrected chi connectivity index (χ4v) is 3.01. The van der Waals surface area contributed by atoms with E-state index in [0.717, 1.165) is 6.42 Å². The molecular formula is C14H26ClO5P. The summed E-state index contributed by atoms with van der Waals surface area (Å²) in [7, 11) is -1.45. The normalized spacial score (nSPS) is 22.5. The first-order chi connectivity index (χ1) is 9.52. The Labute approximate surface area is 133 Å². The number of alkyl halides is 1. The van der Waals surface area contributed by atoms with E-state index in [1.54, 1.807) is 0 Å². The molecule has 1 aliphatic carbocycles. The number of carbonyl (C=O) groups excluding carboxylic acids is 1. The zero-order valence-electron chi connectivity index (χ0n) is 13.6. The fourth-order valence-electron chi connectivity index (χ4n) is 1.56. The summed E-state index contributed by atoms with van der Waals surface area (Å²) in [5, 5.41) is 0. The number of esters is 1. The largest absolute Gasteiger partial charge is 0.449 e. The second kappa shape index (κ2) is 7.56. The Bertz CT molecular complexity index is 334. The van der Waals surface area contributed by atoms with Crippen LogP contribution in [0.2, 0.25) is 0 Å². The second-order valence-corrected chi connectivity index (χ2v) is 8.39. The molecule has 1 fully saturated rings. The Hall–Kier alpha value is 0.0700. The lowest BCUT2D eigenvalue weighted by molar-refractivity contribution is -0.143. The van der Waals surface area contributed by atoms with E-state index in [9.17, 15) is 4.79 Å². The summed E-state index contributed by atoms with van der Waals surface area (Å²) in [6, 6.07) is -0.101. The van der Waals surface area contributed by atoms with E-state index in [4.69, 9.17) is 29.9 Å². The van der Waals surface area contributed by atoms with E-state index in [-0.39, 0.29) is 35.1 Å². The van der Waals surface area contributed by atoms with Crippen molar-refractivity contribution in [2.75, 3.05) is 12.7 Å². The number of halogens is 1. The third-order valence-electron chi connectivity index (χ3n) is 2.51. The number of carbonyl (C=O) groups is 1. The van der Waals surface area contributed by atoms with Crippen LogP contribution in [0.1, 0.15) is 48.0 Å². The lowest BCUT2D eigenvalue weighted by atomic mass is 10.2. The van der Waals surface area contributed by atoms with Crippen LogP contribution < -0.4 is 0 Å². The van der Waals surface area contributed by atoms with Crippen LogP contribution in [-0.2, 0) is 23.1 Å². The molecule has 0 aromatic heterocycles. The highest BCUT2D eigenvalue weighted by molar-refractivity contribution is 7.41. The first-order valence-corrected chi connectivity index (χ1v) is 8.69. The molecule has 0 aliphatic heterocycles. The molecule has 1 aliphatic rings. The van der Waals surface area contributed by atoms with Crippen molar-refractivity contribution >= 4 is 26.2 Å². The van der Waals surface area contributed by atoms with E-state index < -0.39 is 8.60 Å². The van der Waals surface area contributed by atoms with Crippen LogP contribution >= 0.6 is 20.2 Å². The maximum atomic E-state index is 11.5. The van der Waals surface area contributed by atoms with Crippen molar-refractivity contribution in [1.82, 2.24) is 0 Å². The fraction of sp³-hybridized carbons (Fsp3) is 0.929. The molecule has 0 saturated heterocycles. The van der Waals surface area contributed by atoms with Gasteiger partial charge in [0, 0.05) is 0 Å². The summed E-state index contributed by atoms with van der Waals surface area (Å²) in [4.78, 5) is 11.5. The minimum Gasteiger partial charge on any atom is -0.449 e. The van der Waals surface area contributed by atoms with Gasteiger partial charge in [-0.2, -0.15) is 0 Å². The molecule has 0 aromatic carbocycles. The Morgan fingerprint density at radius 3 is 2.10 bits per heavy atom. The van der Waals surface area contributed by atoms with Crippen LogP contribution in [-0.4, -0.2) is 29.8 Å². The van der Waals surface area contributed by atoms with Crippen LogP contribution in [0.25, 0.3) is 0 Å². The minimum absolute atomic E-state index is 0.101. The Kier molecular flexibility index (Phi) is 6.88. The molecule has 0 N–H and O–H groups in total. The molecule has 7 heteroatoms. The third-order valence-corrected chi connectivity index (χ3v) is 4.38. The van der Waals surface area contributed by atoms with Crippen LogP contribution in [0.5, 0.6) is 0 Å². The van der Waals surface area contributed by atoms with Crippen molar-refractivity contribution in [1.29, 1.82) is 0 Å². The van der Waals surface area contributed by atoms with Gasteiger partial charge in [0.05, 0.1) is 23.7 Å². The summed E-state index contributed by atoms with van der Waals surface area (Å²) < 4.78 is 22.2. The zero-order chi connectivity index (χ0) is 16.3. The molecule has 5 nitrogen and oxygen atoms in total. The summed E-state index contributed by atoms with van der Waals surface area (Å²) in [6.45, 7) is 12.2. The molecule has 0 aromatic rings. The van der Waals surface area contributed by atoms with E-state index >= 15 is 0 Å². The van der Waals surface area contributed by atoms with Gasteiger partial charge in [0.2, 0.25) is 0 Å². The van der Waals surface area contributed by atoms with Crippen LogP contribution in [0.15, 0.2) is 0 Å². The summed E-state index contributed by atoms with van der Waals surface area (Å²) in [5.74, 6) is -0.195. The van der Waals surface area contributed by atoms with Gasteiger partial charge in [-0.05, 0) is 53.9 Å². The van der Waals surface area contributed by atoms with E-state index in [2.05, 4.69) is 0 Å². The lowest BCUT2D eigenvalue weighted by Gasteiger charge is -2.30. The maximum Gasteiger partial charge on any atom is 0.333 e. The molecule has 1 rings (SSSR count). The van der Waals surface area contributed by atoms with Gasteiger partial charge in [0.25, 0.3) is 0 Å². The third kappa shape index (κ3) is 8.32. The van der Waals surface area contributed by atoms with Crippen molar-refractivity contribution in [2.24, 2.45) is 11.8 Å². The summed E-state index contributed by atoms with van der Waals surface area (Å²) >= 11 is 5.38. The van der Waals surface area contributed by atoms with Crippen molar-refractivity contribution in [3.63, 3.8) is 0 Å². The first kappa shape index (κ1) is 19.1. The number of hydrogen-bond acceptors (Lipinski definition) is 5. The lowest BCUT2D eigenvalue weighted by Crippen LogP contribution is -2.23. The molecule has 0 radical (unpaired) electrons. The molecule has 2 atom stereocenters. The van der Waals surface area contributed by atoms with Crippen LogP contribution in [0.3, 0.4) is 0 Å². The van der Waals surface area contributed by atoms with Gasteiger partial charge in [0.15, 0.2) is 6.07 Å². The second-order valence-electron chi connectivity index (χ2n) is 7.10. The molecule has 0 bridgehead atoms. The van der Waals surface area contributed by atoms with Gasteiger partial charge < -0.3 is 18.3 Å². The van der Waals surface area contributed by atoms with Gasteiger partial charge in [-0.15, -0.1) is 0 Å². The molecular weight excluding hydrogens is 315 g/mol. The van der Waals surface area contributed by atoms with Gasteiger partial charge in [-0.3, -0.25) is 4.79 Å². The van der Waals surface area contributed by atoms with Gasteiger partial charge >= 0.3 is 14.6 Å². The Morgan fingerprint density at radius 1 is 1.14 bits per heavy atom. The average molecular weight is 341 g/mol. The average Bonchev–Trinajstić information content (AvgIpc) is 3.01. The summed E-state index contributed by atoms with van der Waals surface area (Å²) in [6.07, 6.45) is 0.768. The molecule has 0 amide bonds. The predicted molar refractivity (Wildman–Crippen MR) is 83.0 cm³/mol. The van der Waals surface area contributed by atoms with Crippen molar-refractivity contribution < 1.29 is 23.1 Å². The van der Waals surface area contributed by atoms with E-state index in [0.29, 0.717) is 6.61 Å². The maximum absolute atomic E-state index is 11.5. The standard InChI is InChI=1S/C14H26ClO5P/c1-13(2,3)19-21(20-14(4,5)6)18-8-10-7-11(10)12(16)17-9-15/h10-11H,7-9H2,1-6H3. The van der Waals surface area contributed by atoms with Crippen LogP contribution in [0.4, 0.5) is 0 Å². The molecule has 124 valence electrons. The minimum atomic E-state index is -1.45. The number of hydrogen-bond donors (Lipinski definition) is 0. The first-order valence-electron chi connectivity index (χ1n) is 7.06. The molecule has 21 heavy (non-hydrogen) atoms. The molecule has 1 saturated carbocycles. The monoisotopic (exact) mass is 340 g/mol. The highest BCUT2D eigenvalue weighted by atomic mass is 35.5. The predicted octanol–water partition coefficient (Wildman–Crippen LogP) is 4.24. The topological polar surface area (TPSA) is 54.0 Å². The molecule has 0 spiro atoms. The summed E-state index contributed by atoms with van der Waals surface area (Å²) in [5.41, 5.74) is -0.699. The SMILES string of the molecule is CC(C)(C)OP(OCC1CC1C(=O)OCCl)OC(C)(C)C. The van der Waals surface area contributed by atoms with Gasteiger partial charge in [0.1, 0.15) is 0 Å². The number of rotatable bonds is 7. The number of ether oxygens (including phenoxy) is 1. The molecule has 2 unspecified atom stereocenters. The molecule has 0 heterocycles. The van der Waals surface area contributed by atoms with Crippen LogP contribution in [0, 0.1) is 11.8 Å². The van der Waals surface area contributed by atoms with Gasteiger partial charge in [-0.1, -0.05) is 11.6 Å².